The fourth-order valence-electron chi connectivity index (χ4n) is 3.05. The zero-order valence-electron chi connectivity index (χ0n) is 16.7. The molecule has 0 N–H and O–H groups in total. The number of ether oxygens (including phenoxy) is 2. The van der Waals surface area contributed by atoms with Crippen LogP contribution in [0.4, 0.5) is 8.78 Å². The number of thiazole rings is 1. The molecule has 1 heterocycles. The van der Waals surface area contributed by atoms with Gasteiger partial charge in [-0.25, -0.2) is 8.78 Å². The quantitative estimate of drug-likeness (QED) is 0.411. The van der Waals surface area contributed by atoms with Crippen molar-refractivity contribution in [1.29, 1.82) is 0 Å². The maximum Gasteiger partial charge on any atom is 0.325 e. The summed E-state index contributed by atoms with van der Waals surface area (Å²) in [6.07, 6.45) is 0. The molecule has 0 fully saturated rings. The van der Waals surface area contributed by atoms with Gasteiger partial charge in [0.1, 0.15) is 23.9 Å². The first kappa shape index (κ1) is 21.4. The molecule has 0 bridgehead atoms. The molecule has 0 unspecified atom stereocenters. The van der Waals surface area contributed by atoms with Crippen molar-refractivity contribution >= 4 is 33.4 Å². The van der Waals surface area contributed by atoms with Gasteiger partial charge in [-0.15, -0.1) is 0 Å². The molecule has 0 saturated carbocycles. The fraction of sp³-hybridized carbons (Fsp3) is 0.0870. The predicted octanol–water partition coefficient (Wildman–Crippen LogP) is 4.69. The summed E-state index contributed by atoms with van der Waals surface area (Å²) in [6, 6.07) is 17.3. The molecule has 3 aromatic carbocycles. The summed E-state index contributed by atoms with van der Waals surface area (Å²) in [4.78, 5) is 29.0. The molecule has 0 aliphatic heterocycles. The Morgan fingerprint density at radius 2 is 1.75 bits per heavy atom. The third-order valence-corrected chi connectivity index (χ3v) is 5.52. The van der Waals surface area contributed by atoms with Crippen LogP contribution in [-0.4, -0.2) is 23.6 Å². The van der Waals surface area contributed by atoms with E-state index in [9.17, 15) is 18.4 Å². The zero-order valence-corrected chi connectivity index (χ0v) is 17.6. The van der Waals surface area contributed by atoms with Gasteiger partial charge >= 0.3 is 5.97 Å². The van der Waals surface area contributed by atoms with Crippen LogP contribution in [0.15, 0.2) is 71.7 Å². The van der Waals surface area contributed by atoms with Crippen LogP contribution in [-0.2, 0) is 16.1 Å². The third kappa shape index (κ3) is 4.42. The Balaban J connectivity index is 1.81. The summed E-state index contributed by atoms with van der Waals surface area (Å²) in [6.45, 7) is -0.396. The topological polar surface area (TPSA) is 69.9 Å². The van der Waals surface area contributed by atoms with E-state index in [0.717, 1.165) is 17.4 Å². The van der Waals surface area contributed by atoms with Crippen LogP contribution in [0.2, 0.25) is 0 Å². The number of carbonyl (C=O) groups excluding carboxylic acids is 2. The number of carbonyl (C=O) groups is 2. The molecular weight excluding hydrogens is 438 g/mol. The van der Waals surface area contributed by atoms with Gasteiger partial charge in [-0.2, -0.15) is 4.99 Å². The first-order chi connectivity index (χ1) is 15.5. The molecule has 0 radical (unpaired) electrons. The summed E-state index contributed by atoms with van der Waals surface area (Å²) < 4.78 is 40.1. The Kier molecular flexibility index (Phi) is 6.09. The molecule has 0 spiro atoms. The largest absolute Gasteiger partial charge is 0.468 e. The van der Waals surface area contributed by atoms with Crippen molar-refractivity contribution < 1.29 is 27.8 Å². The van der Waals surface area contributed by atoms with E-state index in [0.29, 0.717) is 11.8 Å². The summed E-state index contributed by atoms with van der Waals surface area (Å²) in [5, 5.41) is 0. The van der Waals surface area contributed by atoms with E-state index in [2.05, 4.69) is 9.73 Å². The van der Waals surface area contributed by atoms with Gasteiger partial charge in [-0.05, 0) is 30.3 Å². The number of amides is 1. The van der Waals surface area contributed by atoms with Gasteiger partial charge in [-0.1, -0.05) is 41.7 Å². The number of nitrogens with zero attached hydrogens (tertiary/aromatic N) is 2. The van der Waals surface area contributed by atoms with Crippen molar-refractivity contribution in [3.8, 4) is 11.5 Å². The number of rotatable bonds is 5. The number of fused-ring (bicyclic) bond motifs is 1. The second kappa shape index (κ2) is 9.11. The Morgan fingerprint density at radius 3 is 2.50 bits per heavy atom. The van der Waals surface area contributed by atoms with Gasteiger partial charge in [0.2, 0.25) is 0 Å². The van der Waals surface area contributed by atoms with Crippen molar-refractivity contribution in [2.24, 2.45) is 4.99 Å². The monoisotopic (exact) mass is 454 g/mol. The van der Waals surface area contributed by atoms with E-state index < -0.39 is 30.1 Å². The van der Waals surface area contributed by atoms with Crippen LogP contribution in [0.25, 0.3) is 10.2 Å². The number of hydrogen-bond acceptors (Lipinski definition) is 5. The van der Waals surface area contributed by atoms with E-state index in [4.69, 9.17) is 4.74 Å². The van der Waals surface area contributed by atoms with Crippen LogP contribution in [0, 0.1) is 11.6 Å². The minimum absolute atomic E-state index is 0.0226. The van der Waals surface area contributed by atoms with E-state index in [1.807, 2.05) is 6.07 Å². The van der Waals surface area contributed by atoms with Crippen molar-refractivity contribution in [3.05, 3.63) is 88.7 Å². The Labute approximate surface area is 185 Å². The normalized spacial score (nSPS) is 11.5. The Bertz CT molecular complexity index is 1380. The lowest BCUT2D eigenvalue weighted by Gasteiger charge is -2.08. The van der Waals surface area contributed by atoms with Crippen molar-refractivity contribution in [2.75, 3.05) is 7.11 Å². The van der Waals surface area contributed by atoms with Crippen molar-refractivity contribution in [2.45, 2.75) is 6.54 Å². The molecule has 1 amide bonds. The number of para-hydroxylation sites is 2. The number of methoxy groups -OCH3 is 1. The zero-order chi connectivity index (χ0) is 22.7. The molecule has 0 atom stereocenters. The molecule has 4 rings (SSSR count). The van der Waals surface area contributed by atoms with Crippen LogP contribution in [0.3, 0.4) is 0 Å². The lowest BCUT2D eigenvalue weighted by atomic mass is 10.2. The smallest absolute Gasteiger partial charge is 0.325 e. The average molecular weight is 454 g/mol. The summed E-state index contributed by atoms with van der Waals surface area (Å²) >= 11 is 0.884. The van der Waals surface area contributed by atoms with E-state index in [-0.39, 0.29) is 26.3 Å². The number of halogens is 2. The molecule has 4 aromatic rings. The SMILES string of the molecule is COC(=O)Cn1c(=NC(=O)c2ccccc2Oc2ccccc2)sc2cc(F)cc(F)c21. The van der Waals surface area contributed by atoms with Gasteiger partial charge in [0.05, 0.1) is 22.9 Å². The minimum atomic E-state index is -0.873. The highest BCUT2D eigenvalue weighted by atomic mass is 32.1. The van der Waals surface area contributed by atoms with Gasteiger partial charge in [0.25, 0.3) is 5.91 Å². The maximum atomic E-state index is 14.5. The predicted molar refractivity (Wildman–Crippen MR) is 115 cm³/mol. The van der Waals surface area contributed by atoms with Crippen LogP contribution in [0.1, 0.15) is 10.4 Å². The standard InChI is InChI=1S/C23H16F2N2O4S/c1-30-20(28)13-27-21-17(25)11-14(24)12-19(21)32-23(27)26-22(29)16-9-5-6-10-18(16)31-15-7-3-2-4-8-15/h2-12H,13H2,1H3. The highest BCUT2D eigenvalue weighted by molar-refractivity contribution is 7.16. The maximum absolute atomic E-state index is 14.5. The van der Waals surface area contributed by atoms with Gasteiger partial charge in [-0.3, -0.25) is 9.59 Å². The molecule has 0 saturated heterocycles. The number of hydrogen-bond donors (Lipinski definition) is 0. The molecular formula is C23H16F2N2O4S. The molecule has 0 aliphatic carbocycles. The summed E-state index contributed by atoms with van der Waals surface area (Å²) in [5.74, 6) is -2.17. The fourth-order valence-corrected chi connectivity index (χ4v) is 4.12. The first-order valence-electron chi connectivity index (χ1n) is 9.42. The van der Waals surface area contributed by atoms with Crippen LogP contribution >= 0.6 is 11.3 Å². The van der Waals surface area contributed by atoms with Gasteiger partial charge in [0.15, 0.2) is 10.6 Å². The lowest BCUT2D eigenvalue weighted by Crippen LogP contribution is -2.23. The molecule has 32 heavy (non-hydrogen) atoms. The molecule has 9 heteroatoms. The lowest BCUT2D eigenvalue weighted by molar-refractivity contribution is -0.141. The molecule has 1 aromatic heterocycles. The van der Waals surface area contributed by atoms with Gasteiger partial charge < -0.3 is 14.0 Å². The third-order valence-electron chi connectivity index (χ3n) is 4.50. The highest BCUT2D eigenvalue weighted by Gasteiger charge is 2.18. The van der Waals surface area contributed by atoms with Crippen molar-refractivity contribution in [1.82, 2.24) is 4.57 Å². The highest BCUT2D eigenvalue weighted by Crippen LogP contribution is 2.26. The minimum Gasteiger partial charge on any atom is -0.468 e. The van der Waals surface area contributed by atoms with E-state index >= 15 is 0 Å². The first-order valence-corrected chi connectivity index (χ1v) is 10.2. The second-order valence-corrected chi connectivity index (χ2v) is 7.62. The molecule has 162 valence electrons. The van der Waals surface area contributed by atoms with Crippen LogP contribution in [0.5, 0.6) is 11.5 Å². The molecule has 0 aliphatic rings. The summed E-state index contributed by atoms with van der Waals surface area (Å²) in [7, 11) is 1.19. The van der Waals surface area contributed by atoms with Crippen molar-refractivity contribution in [3.63, 3.8) is 0 Å². The second-order valence-electron chi connectivity index (χ2n) is 6.61. The average Bonchev–Trinajstić information content (AvgIpc) is 3.11. The Hall–Kier alpha value is -3.85. The number of esters is 1. The Morgan fingerprint density at radius 1 is 1.03 bits per heavy atom. The molecule has 6 nitrogen and oxygen atoms in total. The number of benzene rings is 3. The number of aromatic nitrogens is 1. The van der Waals surface area contributed by atoms with Crippen LogP contribution < -0.4 is 9.54 Å². The summed E-state index contributed by atoms with van der Waals surface area (Å²) in [5.41, 5.74) is 0.132. The van der Waals surface area contributed by atoms with E-state index in [1.165, 1.54) is 11.7 Å². The van der Waals surface area contributed by atoms with E-state index in [1.54, 1.807) is 48.5 Å². The van der Waals surface area contributed by atoms with Gasteiger partial charge in [0, 0.05) is 6.07 Å².